The van der Waals surface area contributed by atoms with Gasteiger partial charge in [0.2, 0.25) is 0 Å². The van der Waals surface area contributed by atoms with E-state index < -0.39 is 0 Å². The van der Waals surface area contributed by atoms with Gasteiger partial charge in [-0.15, -0.1) is 0 Å². The predicted molar refractivity (Wildman–Crippen MR) is 42.9 cm³/mol. The van der Waals surface area contributed by atoms with Crippen molar-refractivity contribution in [2.24, 2.45) is 11.7 Å². The van der Waals surface area contributed by atoms with Gasteiger partial charge in [0.1, 0.15) is 0 Å². The second-order valence-corrected chi connectivity index (χ2v) is 3.18. The third-order valence-electron chi connectivity index (χ3n) is 1.80. The molecule has 0 bridgehead atoms. The zero-order valence-corrected chi connectivity index (χ0v) is 6.56. The molecule has 1 rings (SSSR count). The summed E-state index contributed by atoms with van der Waals surface area (Å²) in [7, 11) is 0. The van der Waals surface area contributed by atoms with E-state index in [0.29, 0.717) is 0 Å². The molecule has 0 aromatic heterocycles. The van der Waals surface area contributed by atoms with Crippen molar-refractivity contribution in [1.29, 1.82) is 0 Å². The van der Waals surface area contributed by atoms with Crippen LogP contribution in [0.25, 0.3) is 0 Å². The van der Waals surface area contributed by atoms with Crippen molar-refractivity contribution in [3.8, 4) is 0 Å². The van der Waals surface area contributed by atoms with Crippen molar-refractivity contribution in [2.75, 3.05) is 26.2 Å². The molecule has 3 nitrogen and oxygen atoms in total. The first-order valence-corrected chi connectivity index (χ1v) is 3.96. The number of nitrogens with two attached hydrogens (primary N) is 1. The van der Waals surface area contributed by atoms with E-state index in [4.69, 9.17) is 5.73 Å². The van der Waals surface area contributed by atoms with Crippen molar-refractivity contribution in [3.63, 3.8) is 0 Å². The number of rotatable bonds is 0. The molecule has 10 heavy (non-hydrogen) atoms. The fourth-order valence-electron chi connectivity index (χ4n) is 1.17. The highest BCUT2D eigenvalue weighted by atomic mass is 15.0. The molecule has 0 aromatic carbocycles. The van der Waals surface area contributed by atoms with Crippen LogP contribution in [-0.2, 0) is 0 Å². The average molecular weight is 143 g/mol. The second kappa shape index (κ2) is 3.91. The van der Waals surface area contributed by atoms with E-state index in [1.807, 2.05) is 0 Å². The minimum Gasteiger partial charge on any atom is -0.326 e. The third-order valence-corrected chi connectivity index (χ3v) is 1.80. The minimum atomic E-state index is 0.285. The summed E-state index contributed by atoms with van der Waals surface area (Å²) in [6.45, 7) is 6.28. The van der Waals surface area contributed by atoms with Crippen molar-refractivity contribution in [2.45, 2.75) is 13.0 Å². The van der Waals surface area contributed by atoms with Gasteiger partial charge < -0.3 is 16.4 Å². The van der Waals surface area contributed by atoms with E-state index in [-0.39, 0.29) is 6.04 Å². The predicted octanol–water partition coefficient (Wildman–Crippen LogP) is -0.857. The molecule has 0 atom stereocenters. The SMILES string of the molecule is CC1CNCC(N)CNC1. The second-order valence-electron chi connectivity index (χ2n) is 3.18. The zero-order valence-electron chi connectivity index (χ0n) is 6.56. The van der Waals surface area contributed by atoms with Gasteiger partial charge in [-0.05, 0) is 19.0 Å². The fourth-order valence-corrected chi connectivity index (χ4v) is 1.17. The van der Waals surface area contributed by atoms with Gasteiger partial charge in [0.25, 0.3) is 0 Å². The molecule has 0 saturated carbocycles. The van der Waals surface area contributed by atoms with Crippen molar-refractivity contribution >= 4 is 0 Å². The normalized spacial score (nSPS) is 36.6. The van der Waals surface area contributed by atoms with Crippen LogP contribution in [0.15, 0.2) is 0 Å². The maximum atomic E-state index is 5.72. The lowest BCUT2D eigenvalue weighted by molar-refractivity contribution is 0.409. The van der Waals surface area contributed by atoms with Crippen LogP contribution in [0.5, 0.6) is 0 Å². The maximum absolute atomic E-state index is 5.72. The molecule has 1 aliphatic rings. The van der Waals surface area contributed by atoms with E-state index in [9.17, 15) is 0 Å². The Labute approximate surface area is 62.4 Å². The van der Waals surface area contributed by atoms with Crippen LogP contribution >= 0.6 is 0 Å². The van der Waals surface area contributed by atoms with Crippen molar-refractivity contribution < 1.29 is 0 Å². The smallest absolute Gasteiger partial charge is 0.0292 e. The van der Waals surface area contributed by atoms with Crippen LogP contribution in [0.2, 0.25) is 0 Å². The molecular weight excluding hydrogens is 126 g/mol. The summed E-state index contributed by atoms with van der Waals surface area (Å²) in [5.41, 5.74) is 5.72. The number of hydrogen-bond acceptors (Lipinski definition) is 3. The van der Waals surface area contributed by atoms with Crippen LogP contribution in [0.4, 0.5) is 0 Å². The molecular formula is C7H17N3. The average Bonchev–Trinajstić information content (AvgIpc) is 1.84. The Morgan fingerprint density at radius 3 is 2.10 bits per heavy atom. The van der Waals surface area contributed by atoms with Crippen LogP contribution < -0.4 is 16.4 Å². The van der Waals surface area contributed by atoms with Gasteiger partial charge in [0.05, 0.1) is 0 Å². The molecule has 0 aliphatic carbocycles. The molecule has 1 heterocycles. The van der Waals surface area contributed by atoms with Crippen LogP contribution in [-0.4, -0.2) is 32.2 Å². The lowest BCUT2D eigenvalue weighted by Gasteiger charge is -2.21. The van der Waals surface area contributed by atoms with E-state index in [1.54, 1.807) is 0 Å². The Morgan fingerprint density at radius 2 is 1.60 bits per heavy atom. The van der Waals surface area contributed by atoms with Gasteiger partial charge in [0.15, 0.2) is 0 Å². The molecule has 0 unspecified atom stereocenters. The fraction of sp³-hybridized carbons (Fsp3) is 1.00. The van der Waals surface area contributed by atoms with E-state index in [1.165, 1.54) is 0 Å². The molecule has 1 aliphatic heterocycles. The lowest BCUT2D eigenvalue weighted by Crippen LogP contribution is -2.47. The minimum absolute atomic E-state index is 0.285. The topological polar surface area (TPSA) is 50.1 Å². The largest absolute Gasteiger partial charge is 0.326 e. The maximum Gasteiger partial charge on any atom is 0.0292 e. The van der Waals surface area contributed by atoms with Crippen LogP contribution in [0.3, 0.4) is 0 Å². The Morgan fingerprint density at radius 1 is 1.10 bits per heavy atom. The Balaban J connectivity index is 2.21. The van der Waals surface area contributed by atoms with E-state index in [2.05, 4.69) is 17.6 Å². The van der Waals surface area contributed by atoms with Gasteiger partial charge in [-0.25, -0.2) is 0 Å². The first-order chi connectivity index (χ1) is 4.79. The van der Waals surface area contributed by atoms with Gasteiger partial charge in [0, 0.05) is 19.1 Å². The van der Waals surface area contributed by atoms with Gasteiger partial charge in [-0.1, -0.05) is 6.92 Å². The highest BCUT2D eigenvalue weighted by Crippen LogP contribution is 1.91. The van der Waals surface area contributed by atoms with E-state index >= 15 is 0 Å². The molecule has 1 saturated heterocycles. The van der Waals surface area contributed by atoms with Gasteiger partial charge >= 0.3 is 0 Å². The molecule has 4 N–H and O–H groups in total. The lowest BCUT2D eigenvalue weighted by atomic mass is 10.1. The highest BCUT2D eigenvalue weighted by Gasteiger charge is 2.08. The summed E-state index contributed by atoms with van der Waals surface area (Å²) in [4.78, 5) is 0. The van der Waals surface area contributed by atoms with E-state index in [0.717, 1.165) is 32.1 Å². The van der Waals surface area contributed by atoms with Crippen LogP contribution in [0, 0.1) is 5.92 Å². The van der Waals surface area contributed by atoms with Gasteiger partial charge in [-0.2, -0.15) is 0 Å². The third kappa shape index (κ3) is 2.64. The summed E-state index contributed by atoms with van der Waals surface area (Å²) >= 11 is 0. The Bertz CT molecular complexity index is 74.9. The number of nitrogens with one attached hydrogen (secondary N) is 2. The molecule has 60 valence electrons. The first kappa shape index (κ1) is 7.98. The molecule has 0 amide bonds. The molecule has 0 radical (unpaired) electrons. The molecule has 0 spiro atoms. The quantitative estimate of drug-likeness (QED) is 0.414. The summed E-state index contributed by atoms with van der Waals surface area (Å²) in [6, 6.07) is 0.285. The standard InChI is InChI=1S/C7H17N3/c1-6-2-9-4-7(8)5-10-3-6/h6-7,9-10H,2-5,8H2,1H3. The monoisotopic (exact) mass is 143 g/mol. The summed E-state index contributed by atoms with van der Waals surface area (Å²) < 4.78 is 0. The molecule has 3 heteroatoms. The summed E-state index contributed by atoms with van der Waals surface area (Å²) in [5.74, 6) is 0.729. The summed E-state index contributed by atoms with van der Waals surface area (Å²) in [5, 5.41) is 6.64. The number of hydrogen-bond donors (Lipinski definition) is 3. The van der Waals surface area contributed by atoms with Gasteiger partial charge in [-0.3, -0.25) is 0 Å². The van der Waals surface area contributed by atoms with Crippen molar-refractivity contribution in [1.82, 2.24) is 10.6 Å². The van der Waals surface area contributed by atoms with Crippen LogP contribution in [0.1, 0.15) is 6.92 Å². The molecule has 1 fully saturated rings. The highest BCUT2D eigenvalue weighted by molar-refractivity contribution is 4.73. The van der Waals surface area contributed by atoms with Crippen molar-refractivity contribution in [3.05, 3.63) is 0 Å². The Hall–Kier alpha value is -0.120. The summed E-state index contributed by atoms with van der Waals surface area (Å²) in [6.07, 6.45) is 0. The Kier molecular flexibility index (Phi) is 3.12. The molecule has 0 aromatic rings. The zero-order chi connectivity index (χ0) is 7.40. The first-order valence-electron chi connectivity index (χ1n) is 3.96.